The fourth-order valence-electron chi connectivity index (χ4n) is 2.29. The molecule has 4 heteroatoms. The lowest BCUT2D eigenvalue weighted by Gasteiger charge is -2.31. The topological polar surface area (TPSA) is 101 Å². The van der Waals surface area contributed by atoms with Crippen LogP contribution in [0.2, 0.25) is 0 Å². The maximum Gasteiger partial charge on any atom is 0.0575 e. The predicted octanol–water partition coefficient (Wildman–Crippen LogP) is 1.08. The molecule has 1 aliphatic rings. The largest absolute Gasteiger partial charge is 0.412 e. The molecule has 0 aromatic heterocycles. The van der Waals surface area contributed by atoms with Crippen LogP contribution in [-0.2, 0) is 0 Å². The summed E-state index contributed by atoms with van der Waals surface area (Å²) in [5.41, 5.74) is 6.19. The second-order valence-corrected chi connectivity index (χ2v) is 5.47. The molecule has 4 nitrogen and oxygen atoms in total. The van der Waals surface area contributed by atoms with Crippen molar-refractivity contribution in [3.63, 3.8) is 0 Å². The van der Waals surface area contributed by atoms with Crippen LogP contribution < -0.4 is 11.1 Å². The molecule has 106 valence electrons. The van der Waals surface area contributed by atoms with Crippen LogP contribution in [0.5, 0.6) is 0 Å². The lowest BCUT2D eigenvalue weighted by molar-refractivity contribution is 0.228. The molecule has 0 heterocycles. The van der Waals surface area contributed by atoms with Crippen LogP contribution in [0, 0.1) is 17.8 Å². The van der Waals surface area contributed by atoms with Gasteiger partial charge in [-0.15, -0.1) is 0 Å². The van der Waals surface area contributed by atoms with Gasteiger partial charge in [0.2, 0.25) is 0 Å². The van der Waals surface area contributed by atoms with Gasteiger partial charge >= 0.3 is 0 Å². The first kappa shape index (κ1) is 19.2. The van der Waals surface area contributed by atoms with Crippen molar-refractivity contribution in [2.24, 2.45) is 23.5 Å². The Morgan fingerprint density at radius 1 is 1.18 bits per heavy atom. The van der Waals surface area contributed by atoms with Crippen LogP contribution in [0.15, 0.2) is 0 Å². The van der Waals surface area contributed by atoms with Gasteiger partial charge in [-0.3, -0.25) is 0 Å². The van der Waals surface area contributed by atoms with Crippen LogP contribution in [0.3, 0.4) is 0 Å². The maximum atomic E-state index is 6.19. The van der Waals surface area contributed by atoms with Crippen LogP contribution >= 0.6 is 0 Å². The zero-order valence-electron chi connectivity index (χ0n) is 11.6. The Morgan fingerprint density at radius 2 is 1.71 bits per heavy atom. The Hall–Kier alpha value is -0.160. The monoisotopic (exact) mass is 248 g/mol. The van der Waals surface area contributed by atoms with Crippen LogP contribution in [0.4, 0.5) is 0 Å². The van der Waals surface area contributed by atoms with E-state index in [1.54, 1.807) is 0 Å². The Balaban J connectivity index is 0. The molecule has 7 N–H and O–H groups in total. The van der Waals surface area contributed by atoms with Crippen molar-refractivity contribution in [2.45, 2.75) is 59.0 Å². The summed E-state index contributed by atoms with van der Waals surface area (Å²) in [6.45, 7) is 7.95. The molecule has 1 aliphatic carbocycles. The first-order chi connectivity index (χ1) is 7.13. The van der Waals surface area contributed by atoms with E-state index >= 15 is 0 Å². The van der Waals surface area contributed by atoms with E-state index in [0.29, 0.717) is 5.92 Å². The van der Waals surface area contributed by atoms with Gasteiger partial charge in [-0.25, -0.2) is 0 Å². The molecule has 1 saturated carbocycles. The molecule has 2 atom stereocenters. The van der Waals surface area contributed by atoms with Gasteiger partial charge in [-0.2, -0.15) is 0 Å². The number of hydrogen-bond donors (Lipinski definition) is 2. The molecular weight excluding hydrogens is 216 g/mol. The molecule has 0 spiro atoms. The van der Waals surface area contributed by atoms with Crippen molar-refractivity contribution in [3.05, 3.63) is 0 Å². The predicted molar refractivity (Wildman–Crippen MR) is 73.8 cm³/mol. The van der Waals surface area contributed by atoms with Crippen molar-refractivity contribution < 1.29 is 11.0 Å². The summed E-state index contributed by atoms with van der Waals surface area (Å²) >= 11 is 0. The second-order valence-electron chi connectivity index (χ2n) is 5.47. The highest BCUT2D eigenvalue weighted by molar-refractivity contribution is 4.77. The molecule has 0 saturated heterocycles. The van der Waals surface area contributed by atoms with E-state index in [4.69, 9.17) is 5.73 Å². The SMILES string of the molecule is CCC(C)CNC(N)C1CCC(C)CC1.O.O. The van der Waals surface area contributed by atoms with Gasteiger partial charge in [0.05, 0.1) is 6.17 Å². The number of hydrogen-bond acceptors (Lipinski definition) is 2. The van der Waals surface area contributed by atoms with Crippen LogP contribution in [0.1, 0.15) is 52.9 Å². The van der Waals surface area contributed by atoms with Crippen molar-refractivity contribution in [3.8, 4) is 0 Å². The molecule has 0 aliphatic heterocycles. The number of nitrogens with one attached hydrogen (secondary N) is 1. The first-order valence-corrected chi connectivity index (χ1v) is 6.62. The number of rotatable bonds is 5. The smallest absolute Gasteiger partial charge is 0.0575 e. The lowest BCUT2D eigenvalue weighted by atomic mass is 9.81. The van der Waals surface area contributed by atoms with Crippen molar-refractivity contribution in [1.29, 1.82) is 0 Å². The maximum absolute atomic E-state index is 6.19. The standard InChI is InChI=1S/C13H28N2.2H2O/c1-4-10(2)9-15-13(14)12-7-5-11(3)6-8-12;;/h10-13,15H,4-9,14H2,1-3H3;2*1H2. The summed E-state index contributed by atoms with van der Waals surface area (Å²) in [5, 5.41) is 3.50. The Labute approximate surface area is 106 Å². The van der Waals surface area contributed by atoms with Crippen molar-refractivity contribution >= 4 is 0 Å². The van der Waals surface area contributed by atoms with Gasteiger partial charge in [0, 0.05) is 0 Å². The molecule has 17 heavy (non-hydrogen) atoms. The highest BCUT2D eigenvalue weighted by Gasteiger charge is 2.23. The quantitative estimate of drug-likeness (QED) is 0.711. The molecule has 0 aromatic carbocycles. The van der Waals surface area contributed by atoms with Crippen molar-refractivity contribution in [1.82, 2.24) is 5.32 Å². The third-order valence-corrected chi connectivity index (χ3v) is 3.97. The summed E-state index contributed by atoms with van der Waals surface area (Å²) in [4.78, 5) is 0. The van der Waals surface area contributed by atoms with Gasteiger partial charge in [0.15, 0.2) is 0 Å². The highest BCUT2D eigenvalue weighted by atomic mass is 16.0. The van der Waals surface area contributed by atoms with Crippen LogP contribution in [0.25, 0.3) is 0 Å². The summed E-state index contributed by atoms with van der Waals surface area (Å²) in [6.07, 6.45) is 6.83. The lowest BCUT2D eigenvalue weighted by Crippen LogP contribution is -2.46. The second kappa shape index (κ2) is 9.83. The minimum absolute atomic E-state index is 0. The van der Waals surface area contributed by atoms with Crippen LogP contribution in [-0.4, -0.2) is 23.7 Å². The van der Waals surface area contributed by atoms with Crippen molar-refractivity contribution in [2.75, 3.05) is 6.54 Å². The molecule has 0 radical (unpaired) electrons. The van der Waals surface area contributed by atoms with E-state index in [-0.39, 0.29) is 17.1 Å². The van der Waals surface area contributed by atoms with E-state index in [1.807, 2.05) is 0 Å². The van der Waals surface area contributed by atoms with E-state index in [0.717, 1.165) is 18.4 Å². The summed E-state index contributed by atoms with van der Waals surface area (Å²) < 4.78 is 0. The van der Waals surface area contributed by atoms with Gasteiger partial charge in [0.1, 0.15) is 0 Å². The molecule has 0 aromatic rings. The molecule has 0 amide bonds. The minimum atomic E-state index is 0. The van der Waals surface area contributed by atoms with Gasteiger partial charge in [0.25, 0.3) is 0 Å². The van der Waals surface area contributed by atoms with Gasteiger partial charge < -0.3 is 22.0 Å². The normalized spacial score (nSPS) is 27.5. The molecule has 1 fully saturated rings. The Morgan fingerprint density at radius 3 is 2.18 bits per heavy atom. The third-order valence-electron chi connectivity index (χ3n) is 3.97. The zero-order chi connectivity index (χ0) is 11.3. The third kappa shape index (κ3) is 6.99. The fourth-order valence-corrected chi connectivity index (χ4v) is 2.29. The van der Waals surface area contributed by atoms with Gasteiger partial charge in [-0.1, -0.05) is 40.0 Å². The average molecular weight is 248 g/mol. The summed E-state index contributed by atoms with van der Waals surface area (Å²) in [7, 11) is 0. The fraction of sp³-hybridized carbons (Fsp3) is 1.00. The van der Waals surface area contributed by atoms with E-state index < -0.39 is 0 Å². The van der Waals surface area contributed by atoms with E-state index in [2.05, 4.69) is 26.1 Å². The first-order valence-electron chi connectivity index (χ1n) is 6.62. The number of nitrogens with two attached hydrogens (primary N) is 1. The zero-order valence-corrected chi connectivity index (χ0v) is 11.6. The summed E-state index contributed by atoms with van der Waals surface area (Å²) in [5.74, 6) is 2.38. The minimum Gasteiger partial charge on any atom is -0.412 e. The Kier molecular flexibility index (Phi) is 11.1. The average Bonchev–Trinajstić information content (AvgIpc) is 2.26. The highest BCUT2D eigenvalue weighted by Crippen LogP contribution is 2.29. The van der Waals surface area contributed by atoms with Gasteiger partial charge in [-0.05, 0) is 37.1 Å². The molecular formula is C13H32N2O2. The Bertz CT molecular complexity index is 171. The molecule has 2 unspecified atom stereocenters. The molecule has 1 rings (SSSR count). The van der Waals surface area contributed by atoms with E-state index in [9.17, 15) is 0 Å². The van der Waals surface area contributed by atoms with E-state index in [1.165, 1.54) is 32.1 Å². The molecule has 0 bridgehead atoms. The summed E-state index contributed by atoms with van der Waals surface area (Å²) in [6, 6.07) is 0.